The average Bonchev–Trinajstić information content (AvgIpc) is 3.01. The van der Waals surface area contributed by atoms with Gasteiger partial charge in [-0.3, -0.25) is 9.52 Å². The first-order chi connectivity index (χ1) is 14.6. The van der Waals surface area contributed by atoms with Gasteiger partial charge in [0.25, 0.3) is 15.9 Å². The first-order valence-corrected chi connectivity index (χ1v) is 11.3. The van der Waals surface area contributed by atoms with Crippen molar-refractivity contribution >= 4 is 21.6 Å². The molecule has 0 aliphatic carbocycles. The normalized spacial score (nSPS) is 15.3. The van der Waals surface area contributed by atoms with Gasteiger partial charge in [0.2, 0.25) is 0 Å². The minimum Gasteiger partial charge on any atom is -0.484 e. The van der Waals surface area contributed by atoms with E-state index < -0.39 is 21.8 Å². The van der Waals surface area contributed by atoms with Gasteiger partial charge in [-0.1, -0.05) is 18.9 Å². The van der Waals surface area contributed by atoms with Crippen LogP contribution in [-0.2, 0) is 21.0 Å². The Labute approximate surface area is 179 Å². The van der Waals surface area contributed by atoms with Crippen LogP contribution < -0.4 is 9.46 Å². The number of likely N-dealkylation sites (tertiary alicyclic amines) is 1. The molecule has 10 heteroatoms. The van der Waals surface area contributed by atoms with Crippen molar-refractivity contribution in [3.8, 4) is 5.75 Å². The number of rotatable bonds is 6. The summed E-state index contributed by atoms with van der Waals surface area (Å²) in [6, 6.07) is 9.27. The minimum atomic E-state index is -4.58. The van der Waals surface area contributed by atoms with E-state index in [0.717, 1.165) is 43.9 Å². The number of sulfonamides is 1. The van der Waals surface area contributed by atoms with Gasteiger partial charge in [-0.25, -0.2) is 8.42 Å². The second kappa shape index (κ2) is 9.59. The van der Waals surface area contributed by atoms with Crippen LogP contribution in [0.1, 0.15) is 31.2 Å². The number of nitrogens with one attached hydrogen (secondary N) is 1. The standard InChI is InChI=1S/C21H23F3N2O4S/c22-21(23,24)16-6-5-7-17(14-16)25-31(28,29)19-10-8-18(9-11-19)30-15-20(27)26-12-3-1-2-4-13-26/h5-11,14,25H,1-4,12-13,15H2. The highest BCUT2D eigenvalue weighted by molar-refractivity contribution is 7.92. The molecule has 168 valence electrons. The number of alkyl halides is 3. The van der Waals surface area contributed by atoms with Crippen LogP contribution in [0, 0.1) is 0 Å². The molecular formula is C21H23F3N2O4S. The van der Waals surface area contributed by atoms with E-state index >= 15 is 0 Å². The predicted molar refractivity (Wildman–Crippen MR) is 109 cm³/mol. The van der Waals surface area contributed by atoms with Gasteiger partial charge in [0, 0.05) is 18.8 Å². The molecule has 1 fully saturated rings. The molecule has 1 amide bonds. The third-order valence-electron chi connectivity index (χ3n) is 4.90. The molecule has 1 heterocycles. The zero-order chi connectivity index (χ0) is 22.5. The molecule has 6 nitrogen and oxygen atoms in total. The Hall–Kier alpha value is -2.75. The van der Waals surface area contributed by atoms with Gasteiger partial charge in [0.15, 0.2) is 6.61 Å². The molecule has 0 atom stereocenters. The highest BCUT2D eigenvalue weighted by Gasteiger charge is 2.30. The van der Waals surface area contributed by atoms with Crippen molar-refractivity contribution in [2.45, 2.75) is 36.8 Å². The summed E-state index contributed by atoms with van der Waals surface area (Å²) in [4.78, 5) is 13.9. The van der Waals surface area contributed by atoms with Crippen LogP contribution in [-0.4, -0.2) is 38.9 Å². The van der Waals surface area contributed by atoms with E-state index in [0.29, 0.717) is 18.8 Å². The van der Waals surface area contributed by atoms with E-state index in [1.54, 1.807) is 4.90 Å². The number of benzene rings is 2. The van der Waals surface area contributed by atoms with Crippen LogP contribution in [0.4, 0.5) is 18.9 Å². The van der Waals surface area contributed by atoms with Crippen molar-refractivity contribution in [1.82, 2.24) is 4.90 Å². The number of anilines is 1. The number of ether oxygens (including phenoxy) is 1. The van der Waals surface area contributed by atoms with Crippen LogP contribution in [0.3, 0.4) is 0 Å². The third-order valence-corrected chi connectivity index (χ3v) is 6.29. The zero-order valence-corrected chi connectivity index (χ0v) is 17.5. The molecule has 1 N–H and O–H groups in total. The van der Waals surface area contributed by atoms with E-state index in [9.17, 15) is 26.4 Å². The summed E-state index contributed by atoms with van der Waals surface area (Å²) in [6.07, 6.45) is -0.427. The largest absolute Gasteiger partial charge is 0.484 e. The molecule has 31 heavy (non-hydrogen) atoms. The summed E-state index contributed by atoms with van der Waals surface area (Å²) in [5, 5.41) is 0. The molecule has 0 saturated carbocycles. The van der Waals surface area contributed by atoms with Crippen molar-refractivity contribution in [2.75, 3.05) is 24.4 Å². The smallest absolute Gasteiger partial charge is 0.416 e. The number of nitrogens with zero attached hydrogens (tertiary/aromatic N) is 1. The quantitative estimate of drug-likeness (QED) is 0.704. The van der Waals surface area contributed by atoms with Gasteiger partial charge in [0.1, 0.15) is 5.75 Å². The van der Waals surface area contributed by atoms with Crippen LogP contribution >= 0.6 is 0 Å². The van der Waals surface area contributed by atoms with Gasteiger partial charge in [-0.15, -0.1) is 0 Å². The molecule has 1 saturated heterocycles. The number of hydrogen-bond acceptors (Lipinski definition) is 4. The predicted octanol–water partition coefficient (Wildman–Crippen LogP) is 4.29. The Morgan fingerprint density at radius 1 is 1.00 bits per heavy atom. The van der Waals surface area contributed by atoms with E-state index in [4.69, 9.17) is 4.74 Å². The number of carbonyl (C=O) groups is 1. The molecule has 0 bridgehead atoms. The highest BCUT2D eigenvalue weighted by atomic mass is 32.2. The number of hydrogen-bond donors (Lipinski definition) is 1. The Balaban J connectivity index is 1.61. The van der Waals surface area contributed by atoms with Gasteiger partial charge >= 0.3 is 6.18 Å². The van der Waals surface area contributed by atoms with Crippen LogP contribution in [0.25, 0.3) is 0 Å². The number of amides is 1. The molecule has 0 radical (unpaired) electrons. The lowest BCUT2D eigenvalue weighted by molar-refractivity contribution is -0.137. The van der Waals surface area contributed by atoms with Gasteiger partial charge in [-0.2, -0.15) is 13.2 Å². The lowest BCUT2D eigenvalue weighted by Crippen LogP contribution is -2.35. The monoisotopic (exact) mass is 456 g/mol. The highest BCUT2D eigenvalue weighted by Crippen LogP contribution is 2.31. The maximum absolute atomic E-state index is 12.8. The molecule has 0 spiro atoms. The first-order valence-electron chi connectivity index (χ1n) is 9.86. The van der Waals surface area contributed by atoms with Crippen LogP contribution in [0.15, 0.2) is 53.4 Å². The zero-order valence-electron chi connectivity index (χ0n) is 16.7. The Morgan fingerprint density at radius 2 is 1.65 bits per heavy atom. The van der Waals surface area contributed by atoms with Crippen molar-refractivity contribution in [2.24, 2.45) is 0 Å². The topological polar surface area (TPSA) is 75.7 Å². The summed E-state index contributed by atoms with van der Waals surface area (Å²) in [7, 11) is -4.09. The summed E-state index contributed by atoms with van der Waals surface area (Å²) < 4.78 is 71.0. The Bertz CT molecular complexity index is 1000. The lowest BCUT2D eigenvalue weighted by atomic mass is 10.2. The van der Waals surface area contributed by atoms with E-state index in [2.05, 4.69) is 4.72 Å². The Kier molecular flexibility index (Phi) is 7.09. The maximum atomic E-state index is 12.8. The lowest BCUT2D eigenvalue weighted by Gasteiger charge is -2.20. The molecule has 2 aromatic rings. The van der Waals surface area contributed by atoms with Gasteiger partial charge < -0.3 is 9.64 Å². The average molecular weight is 456 g/mol. The summed E-state index contributed by atoms with van der Waals surface area (Å²) in [5.74, 6) is 0.200. The molecular weight excluding hydrogens is 433 g/mol. The fourth-order valence-corrected chi connectivity index (χ4v) is 4.29. The van der Waals surface area contributed by atoms with Crippen LogP contribution in [0.2, 0.25) is 0 Å². The second-order valence-electron chi connectivity index (χ2n) is 7.24. The molecule has 0 aromatic heterocycles. The molecule has 3 rings (SSSR count). The van der Waals surface area contributed by atoms with Crippen molar-refractivity contribution in [3.05, 3.63) is 54.1 Å². The molecule has 1 aliphatic heterocycles. The number of carbonyl (C=O) groups excluding carboxylic acids is 1. The fraction of sp³-hybridized carbons (Fsp3) is 0.381. The first kappa shape index (κ1) is 22.9. The van der Waals surface area contributed by atoms with Gasteiger partial charge in [-0.05, 0) is 55.3 Å². The van der Waals surface area contributed by atoms with Crippen molar-refractivity contribution in [1.29, 1.82) is 0 Å². The third kappa shape index (κ3) is 6.36. The fourth-order valence-electron chi connectivity index (χ4n) is 3.24. The Morgan fingerprint density at radius 3 is 2.26 bits per heavy atom. The summed E-state index contributed by atoms with van der Waals surface area (Å²) in [6.45, 7) is 1.27. The molecule has 0 unspecified atom stereocenters. The summed E-state index contributed by atoms with van der Waals surface area (Å²) >= 11 is 0. The van der Waals surface area contributed by atoms with E-state index in [-0.39, 0.29) is 23.1 Å². The summed E-state index contributed by atoms with van der Waals surface area (Å²) in [5.41, 5.74) is -1.15. The van der Waals surface area contributed by atoms with E-state index in [1.165, 1.54) is 30.3 Å². The maximum Gasteiger partial charge on any atom is 0.416 e. The van der Waals surface area contributed by atoms with Crippen LogP contribution in [0.5, 0.6) is 5.75 Å². The molecule has 1 aliphatic rings. The van der Waals surface area contributed by atoms with E-state index in [1.807, 2.05) is 0 Å². The second-order valence-corrected chi connectivity index (χ2v) is 8.92. The SMILES string of the molecule is O=C(COc1ccc(S(=O)(=O)Nc2cccc(C(F)(F)F)c2)cc1)N1CCCCCC1. The number of halogens is 3. The van der Waals surface area contributed by atoms with Crippen molar-refractivity contribution < 1.29 is 31.1 Å². The minimum absolute atomic E-state index is 0.121. The van der Waals surface area contributed by atoms with Gasteiger partial charge in [0.05, 0.1) is 10.5 Å². The molecule has 2 aromatic carbocycles. The van der Waals surface area contributed by atoms with Crippen molar-refractivity contribution in [3.63, 3.8) is 0 Å².